The fourth-order valence-corrected chi connectivity index (χ4v) is 5.33. The Hall–Kier alpha value is -2.92. The standard InChI is InChI=1S/C25H27N5O4S.ClH/c1-34-23-21-15(9-12-26-23)3-2-4-18(21)29-24(32)25(33)10-7-16(8-11-25)27-13-17-5-6-19-22(28-17)30-20(31)14-35-19;/h2-6,9,12,16,27,33H,7-8,10-11,13-14H2,1H3,(H,29,32)(H,28,30,31);1H/t16-,25-;. The second-order valence-electron chi connectivity index (χ2n) is 8.85. The van der Waals surface area contributed by atoms with Gasteiger partial charge >= 0.3 is 0 Å². The number of hydrogen-bond acceptors (Lipinski definition) is 8. The number of anilines is 2. The third-order valence-electron chi connectivity index (χ3n) is 6.54. The summed E-state index contributed by atoms with van der Waals surface area (Å²) in [5.41, 5.74) is -0.0417. The van der Waals surface area contributed by atoms with E-state index in [9.17, 15) is 14.7 Å². The molecule has 9 nitrogen and oxygen atoms in total. The van der Waals surface area contributed by atoms with Crippen LogP contribution in [0.1, 0.15) is 31.4 Å². The lowest BCUT2D eigenvalue weighted by Gasteiger charge is -2.35. The van der Waals surface area contributed by atoms with Crippen LogP contribution in [-0.4, -0.2) is 51.4 Å². The van der Waals surface area contributed by atoms with E-state index in [1.807, 2.05) is 30.3 Å². The first-order chi connectivity index (χ1) is 16.9. The van der Waals surface area contributed by atoms with Crippen molar-refractivity contribution >= 4 is 58.3 Å². The Labute approximate surface area is 219 Å². The van der Waals surface area contributed by atoms with Gasteiger partial charge in [-0.1, -0.05) is 12.1 Å². The Morgan fingerprint density at radius 3 is 2.83 bits per heavy atom. The quantitative estimate of drug-likeness (QED) is 0.382. The first-order valence-electron chi connectivity index (χ1n) is 11.6. The zero-order valence-corrected chi connectivity index (χ0v) is 21.4. The summed E-state index contributed by atoms with van der Waals surface area (Å²) in [5.74, 6) is 0.991. The molecule has 0 unspecified atom stereocenters. The number of aromatic nitrogens is 2. The lowest BCUT2D eigenvalue weighted by Crippen LogP contribution is -2.48. The first kappa shape index (κ1) is 26.2. The fourth-order valence-electron chi connectivity index (χ4n) is 4.57. The van der Waals surface area contributed by atoms with Gasteiger partial charge in [0.25, 0.3) is 5.91 Å². The molecular formula is C25H28ClN5O4S. The third-order valence-corrected chi connectivity index (χ3v) is 7.58. The van der Waals surface area contributed by atoms with Crippen LogP contribution in [0, 0.1) is 0 Å². The van der Waals surface area contributed by atoms with Crippen molar-refractivity contribution in [3.8, 4) is 5.88 Å². The summed E-state index contributed by atoms with van der Waals surface area (Å²) in [4.78, 5) is 34.5. The molecule has 3 heterocycles. The monoisotopic (exact) mass is 529 g/mol. The van der Waals surface area contributed by atoms with Gasteiger partial charge in [0.2, 0.25) is 11.8 Å². The molecule has 36 heavy (non-hydrogen) atoms. The van der Waals surface area contributed by atoms with E-state index in [4.69, 9.17) is 4.74 Å². The van der Waals surface area contributed by atoms with Crippen molar-refractivity contribution in [3.63, 3.8) is 0 Å². The van der Waals surface area contributed by atoms with Crippen LogP contribution < -0.4 is 20.7 Å². The van der Waals surface area contributed by atoms with E-state index in [1.165, 1.54) is 18.9 Å². The molecule has 0 saturated heterocycles. The molecule has 2 amide bonds. The molecule has 1 fully saturated rings. The summed E-state index contributed by atoms with van der Waals surface area (Å²) in [6.45, 7) is 0.548. The van der Waals surface area contributed by atoms with Gasteiger partial charge in [0, 0.05) is 18.8 Å². The van der Waals surface area contributed by atoms with Gasteiger partial charge in [-0.25, -0.2) is 9.97 Å². The van der Waals surface area contributed by atoms with E-state index in [2.05, 4.69) is 25.9 Å². The Kier molecular flexibility index (Phi) is 7.99. The summed E-state index contributed by atoms with van der Waals surface area (Å²) < 4.78 is 5.37. The van der Waals surface area contributed by atoms with E-state index >= 15 is 0 Å². The summed E-state index contributed by atoms with van der Waals surface area (Å²) in [6.07, 6.45) is 3.66. The summed E-state index contributed by atoms with van der Waals surface area (Å²) in [7, 11) is 1.54. The minimum absolute atomic E-state index is 0. The summed E-state index contributed by atoms with van der Waals surface area (Å²) in [6, 6.07) is 11.5. The number of ether oxygens (including phenoxy) is 1. The molecule has 1 aliphatic carbocycles. The predicted molar refractivity (Wildman–Crippen MR) is 142 cm³/mol. The molecule has 0 bridgehead atoms. The number of carbonyl (C=O) groups excluding carboxylic acids is 2. The molecule has 11 heteroatoms. The Morgan fingerprint density at radius 1 is 1.25 bits per heavy atom. The van der Waals surface area contributed by atoms with Crippen molar-refractivity contribution in [3.05, 3.63) is 48.3 Å². The zero-order chi connectivity index (χ0) is 24.4. The van der Waals surface area contributed by atoms with Gasteiger partial charge in [-0.15, -0.1) is 24.2 Å². The van der Waals surface area contributed by atoms with E-state index < -0.39 is 11.5 Å². The number of rotatable bonds is 6. The van der Waals surface area contributed by atoms with Crippen molar-refractivity contribution in [2.45, 2.75) is 48.8 Å². The number of nitrogens with one attached hydrogen (secondary N) is 3. The minimum atomic E-state index is -1.44. The van der Waals surface area contributed by atoms with Gasteiger partial charge in [0.05, 0.1) is 34.5 Å². The van der Waals surface area contributed by atoms with Crippen LogP contribution in [-0.2, 0) is 16.1 Å². The lowest BCUT2D eigenvalue weighted by molar-refractivity contribution is -0.137. The first-order valence-corrected chi connectivity index (χ1v) is 12.6. The van der Waals surface area contributed by atoms with Crippen LogP contribution in [0.3, 0.4) is 0 Å². The summed E-state index contributed by atoms with van der Waals surface area (Å²) in [5, 5.41) is 21.9. The highest BCUT2D eigenvalue weighted by molar-refractivity contribution is 8.00. The third kappa shape index (κ3) is 5.41. The van der Waals surface area contributed by atoms with Crippen LogP contribution in [0.5, 0.6) is 5.88 Å². The summed E-state index contributed by atoms with van der Waals surface area (Å²) >= 11 is 1.49. The van der Waals surface area contributed by atoms with Crippen LogP contribution >= 0.6 is 24.2 Å². The van der Waals surface area contributed by atoms with Gasteiger partial charge in [-0.2, -0.15) is 0 Å². The maximum absolute atomic E-state index is 13.1. The van der Waals surface area contributed by atoms with E-state index in [-0.39, 0.29) is 24.4 Å². The molecule has 0 atom stereocenters. The number of pyridine rings is 2. The maximum atomic E-state index is 13.1. The number of hydrogen-bond donors (Lipinski definition) is 4. The highest BCUT2D eigenvalue weighted by Gasteiger charge is 2.40. The van der Waals surface area contributed by atoms with Crippen molar-refractivity contribution in [1.82, 2.24) is 15.3 Å². The van der Waals surface area contributed by atoms with Gasteiger partial charge in [-0.05, 0) is 55.3 Å². The second-order valence-corrected chi connectivity index (χ2v) is 9.87. The number of amides is 2. The zero-order valence-electron chi connectivity index (χ0n) is 19.7. The van der Waals surface area contributed by atoms with Crippen molar-refractivity contribution in [1.29, 1.82) is 0 Å². The second kappa shape index (κ2) is 11.0. The van der Waals surface area contributed by atoms with Gasteiger partial charge < -0.3 is 25.8 Å². The molecule has 2 aliphatic rings. The SMILES string of the molecule is COc1nccc2cccc(NC(=O)[C@]3(O)CC[C@H](NCc4ccc5c(n4)NC(=O)CS5)CC3)c12.Cl. The number of nitrogens with zero attached hydrogens (tertiary/aromatic N) is 2. The number of methoxy groups -OCH3 is 1. The van der Waals surface area contributed by atoms with Crippen LogP contribution in [0.15, 0.2) is 47.5 Å². The molecule has 5 rings (SSSR count). The van der Waals surface area contributed by atoms with Gasteiger partial charge in [0.1, 0.15) is 11.4 Å². The smallest absolute Gasteiger partial charge is 0.256 e. The Morgan fingerprint density at radius 2 is 2.06 bits per heavy atom. The van der Waals surface area contributed by atoms with Crippen molar-refractivity contribution in [2.75, 3.05) is 23.5 Å². The normalized spacial score (nSPS) is 21.2. The van der Waals surface area contributed by atoms with Crippen LogP contribution in [0.2, 0.25) is 0 Å². The van der Waals surface area contributed by atoms with E-state index in [1.54, 1.807) is 12.3 Å². The molecule has 0 radical (unpaired) electrons. The maximum Gasteiger partial charge on any atom is 0.256 e. The highest BCUT2D eigenvalue weighted by atomic mass is 35.5. The molecular weight excluding hydrogens is 502 g/mol. The van der Waals surface area contributed by atoms with Crippen molar-refractivity contribution < 1.29 is 19.4 Å². The average Bonchev–Trinajstić information content (AvgIpc) is 2.87. The van der Waals surface area contributed by atoms with Gasteiger partial charge in [0.15, 0.2) is 0 Å². The van der Waals surface area contributed by atoms with Gasteiger partial charge in [-0.3, -0.25) is 9.59 Å². The van der Waals surface area contributed by atoms with E-state index in [0.29, 0.717) is 60.8 Å². The molecule has 1 aliphatic heterocycles. The fraction of sp³-hybridized carbons (Fsp3) is 0.360. The largest absolute Gasteiger partial charge is 0.480 e. The van der Waals surface area contributed by atoms with Crippen molar-refractivity contribution in [2.24, 2.45) is 0 Å². The average molecular weight is 530 g/mol. The Balaban J connectivity index is 0.00000304. The molecule has 0 spiro atoms. The number of fused-ring (bicyclic) bond motifs is 2. The molecule has 190 valence electrons. The number of carbonyl (C=O) groups is 2. The van der Waals surface area contributed by atoms with Crippen LogP contribution in [0.25, 0.3) is 10.8 Å². The number of benzene rings is 1. The molecule has 1 saturated carbocycles. The molecule has 3 aromatic rings. The Bertz CT molecular complexity index is 1280. The lowest BCUT2D eigenvalue weighted by atomic mass is 9.81. The highest BCUT2D eigenvalue weighted by Crippen LogP contribution is 2.34. The number of halogens is 1. The number of thioether (sulfide) groups is 1. The predicted octanol–water partition coefficient (Wildman–Crippen LogP) is 3.51. The minimum Gasteiger partial charge on any atom is -0.480 e. The molecule has 1 aromatic carbocycles. The number of aliphatic hydroxyl groups is 1. The van der Waals surface area contributed by atoms with E-state index in [0.717, 1.165) is 16.0 Å². The molecule has 4 N–H and O–H groups in total. The molecule has 2 aromatic heterocycles. The topological polar surface area (TPSA) is 125 Å². The van der Waals surface area contributed by atoms with Crippen LogP contribution in [0.4, 0.5) is 11.5 Å².